The molecule has 1 saturated heterocycles. The van der Waals surface area contributed by atoms with Crippen LogP contribution in [0.1, 0.15) is 12.8 Å². The van der Waals surface area contributed by atoms with E-state index in [1.807, 2.05) is 48.8 Å². The Morgan fingerprint density at radius 3 is 2.41 bits per heavy atom. The van der Waals surface area contributed by atoms with E-state index >= 15 is 0 Å². The number of nitrogens with zero attached hydrogens (tertiary/aromatic N) is 5. The highest BCUT2D eigenvalue weighted by molar-refractivity contribution is 5.91. The molecule has 3 rings (SSSR count). The summed E-state index contributed by atoms with van der Waals surface area (Å²) in [5.74, 6) is 0.954. The monoisotopic (exact) mass is 301 g/mol. The Hall–Kier alpha value is -2.24. The summed E-state index contributed by atoms with van der Waals surface area (Å²) in [6, 6.07) is 3.64. The van der Waals surface area contributed by atoms with Gasteiger partial charge in [-0.05, 0) is 12.8 Å². The Bertz CT molecular complexity index is 744. The van der Waals surface area contributed by atoms with Gasteiger partial charge in [-0.3, -0.25) is 4.79 Å². The molecule has 0 amide bonds. The van der Waals surface area contributed by atoms with Crippen LogP contribution in [-0.2, 0) is 0 Å². The quantitative estimate of drug-likeness (QED) is 0.854. The molecule has 0 atom stereocenters. The lowest BCUT2D eigenvalue weighted by atomic mass is 10.2. The Morgan fingerprint density at radius 1 is 1.14 bits per heavy atom. The zero-order valence-corrected chi connectivity index (χ0v) is 13.7. The van der Waals surface area contributed by atoms with Crippen molar-refractivity contribution in [2.75, 3.05) is 56.1 Å². The summed E-state index contributed by atoms with van der Waals surface area (Å²) in [6.07, 6.45) is 4.18. The zero-order chi connectivity index (χ0) is 15.9. The van der Waals surface area contributed by atoms with Crippen molar-refractivity contribution in [3.05, 3.63) is 28.6 Å². The van der Waals surface area contributed by atoms with Gasteiger partial charge in [-0.2, -0.15) is 0 Å². The predicted octanol–water partition coefficient (Wildman–Crippen LogP) is 1.26. The largest absolute Gasteiger partial charge is 0.377 e. The second kappa shape index (κ2) is 5.51. The van der Waals surface area contributed by atoms with E-state index in [1.165, 1.54) is 12.8 Å². The highest BCUT2D eigenvalue weighted by Crippen LogP contribution is 2.28. The Morgan fingerprint density at radius 2 is 1.82 bits per heavy atom. The van der Waals surface area contributed by atoms with Crippen molar-refractivity contribution >= 4 is 22.5 Å². The molecule has 0 spiro atoms. The van der Waals surface area contributed by atoms with Crippen LogP contribution < -0.4 is 20.2 Å². The Labute approximate surface area is 130 Å². The van der Waals surface area contributed by atoms with Crippen LogP contribution in [0.4, 0.5) is 11.5 Å². The molecule has 3 heterocycles. The summed E-state index contributed by atoms with van der Waals surface area (Å²) in [5, 5.41) is 2.60. The number of aromatic nitrogens is 2. The van der Waals surface area contributed by atoms with Crippen molar-refractivity contribution in [3.8, 4) is 0 Å². The first-order valence-corrected chi connectivity index (χ1v) is 7.65. The first kappa shape index (κ1) is 14.7. The molecule has 118 valence electrons. The molecular formula is C16H23N5O. The first-order valence-electron chi connectivity index (χ1n) is 7.65. The van der Waals surface area contributed by atoms with Gasteiger partial charge >= 0.3 is 0 Å². The molecule has 1 aliphatic rings. The van der Waals surface area contributed by atoms with Crippen LogP contribution in [0.5, 0.6) is 0 Å². The fourth-order valence-corrected chi connectivity index (χ4v) is 2.98. The minimum atomic E-state index is 0.0114. The van der Waals surface area contributed by atoms with Gasteiger partial charge in [0.15, 0.2) is 11.1 Å². The predicted molar refractivity (Wildman–Crippen MR) is 91.8 cm³/mol. The molecular weight excluding hydrogens is 278 g/mol. The maximum Gasteiger partial charge on any atom is 0.193 e. The van der Waals surface area contributed by atoms with Crippen molar-refractivity contribution in [1.29, 1.82) is 0 Å². The van der Waals surface area contributed by atoms with Gasteiger partial charge in [-0.15, -0.1) is 0 Å². The zero-order valence-electron chi connectivity index (χ0n) is 13.7. The summed E-state index contributed by atoms with van der Waals surface area (Å²) in [7, 11) is 7.83. The molecule has 1 aliphatic heterocycles. The van der Waals surface area contributed by atoms with Gasteiger partial charge in [0.1, 0.15) is 5.82 Å². The average molecular weight is 301 g/mol. The van der Waals surface area contributed by atoms with E-state index in [4.69, 9.17) is 4.98 Å². The second-order valence-electron chi connectivity index (χ2n) is 6.16. The molecule has 0 saturated carbocycles. The highest BCUT2D eigenvalue weighted by atomic mass is 16.1. The number of hydrogen-bond donors (Lipinski definition) is 0. The average Bonchev–Trinajstić information content (AvgIpc) is 3.00. The van der Waals surface area contributed by atoms with Crippen LogP contribution in [0, 0.1) is 0 Å². The van der Waals surface area contributed by atoms with Gasteiger partial charge in [0.25, 0.3) is 0 Å². The third kappa shape index (κ3) is 2.38. The molecule has 0 unspecified atom stereocenters. The summed E-state index contributed by atoms with van der Waals surface area (Å²) >= 11 is 0. The molecule has 22 heavy (non-hydrogen) atoms. The van der Waals surface area contributed by atoms with E-state index in [1.54, 1.807) is 12.3 Å². The lowest BCUT2D eigenvalue weighted by Gasteiger charge is -2.24. The smallest absolute Gasteiger partial charge is 0.193 e. The van der Waals surface area contributed by atoms with E-state index in [2.05, 4.69) is 4.90 Å². The van der Waals surface area contributed by atoms with Crippen LogP contribution in [0.25, 0.3) is 11.0 Å². The standard InChI is InChI=1S/C16H23N5O/c1-18(2)12-11-14(20-8-5-6-9-20)17-16-15(12)13(22)7-10-21(16)19(3)4/h7,10-11H,5-6,8-9H2,1-4H3. The Balaban J connectivity index is 2.33. The number of fused-ring (bicyclic) bond motifs is 1. The topological polar surface area (TPSA) is 44.6 Å². The van der Waals surface area contributed by atoms with Gasteiger partial charge < -0.3 is 14.8 Å². The maximum absolute atomic E-state index is 12.4. The van der Waals surface area contributed by atoms with Gasteiger partial charge in [-0.25, -0.2) is 9.66 Å². The minimum absolute atomic E-state index is 0.0114. The van der Waals surface area contributed by atoms with Crippen LogP contribution in [0.2, 0.25) is 0 Å². The van der Waals surface area contributed by atoms with E-state index in [0.29, 0.717) is 11.0 Å². The highest BCUT2D eigenvalue weighted by Gasteiger charge is 2.19. The molecule has 0 aromatic carbocycles. The summed E-state index contributed by atoms with van der Waals surface area (Å²) < 4.78 is 1.92. The number of anilines is 2. The minimum Gasteiger partial charge on any atom is -0.377 e. The van der Waals surface area contributed by atoms with Gasteiger partial charge in [0.2, 0.25) is 0 Å². The van der Waals surface area contributed by atoms with Crippen LogP contribution >= 0.6 is 0 Å². The van der Waals surface area contributed by atoms with Crippen molar-refractivity contribution in [1.82, 2.24) is 9.66 Å². The molecule has 2 aromatic heterocycles. The molecule has 1 fully saturated rings. The lowest BCUT2D eigenvalue weighted by Crippen LogP contribution is -2.29. The molecule has 6 heteroatoms. The first-order chi connectivity index (χ1) is 10.5. The normalized spacial score (nSPS) is 14.6. The molecule has 0 radical (unpaired) electrons. The van der Waals surface area contributed by atoms with Gasteiger partial charge in [0, 0.05) is 59.6 Å². The number of hydrogen-bond acceptors (Lipinski definition) is 5. The van der Waals surface area contributed by atoms with Gasteiger partial charge in [0.05, 0.1) is 11.1 Å². The SMILES string of the molecule is CN(C)c1cc(N2CCCC2)nc2c1c(=O)ccn2N(C)C. The number of rotatable bonds is 3. The third-order valence-corrected chi connectivity index (χ3v) is 4.14. The molecule has 0 N–H and O–H groups in total. The van der Waals surface area contributed by atoms with E-state index in [0.717, 1.165) is 24.6 Å². The van der Waals surface area contributed by atoms with Crippen molar-refractivity contribution in [2.24, 2.45) is 0 Å². The lowest BCUT2D eigenvalue weighted by molar-refractivity contribution is 0.743. The Kier molecular flexibility index (Phi) is 3.68. The van der Waals surface area contributed by atoms with E-state index in [9.17, 15) is 4.79 Å². The third-order valence-electron chi connectivity index (χ3n) is 4.14. The summed E-state index contributed by atoms with van der Waals surface area (Å²) in [6.45, 7) is 2.06. The van der Waals surface area contributed by atoms with E-state index in [-0.39, 0.29) is 5.43 Å². The fourth-order valence-electron chi connectivity index (χ4n) is 2.98. The van der Waals surface area contributed by atoms with Crippen LogP contribution in [0.15, 0.2) is 23.1 Å². The van der Waals surface area contributed by atoms with Crippen molar-refractivity contribution in [2.45, 2.75) is 12.8 Å². The molecule has 6 nitrogen and oxygen atoms in total. The van der Waals surface area contributed by atoms with Crippen LogP contribution in [-0.4, -0.2) is 50.9 Å². The van der Waals surface area contributed by atoms with Crippen LogP contribution in [0.3, 0.4) is 0 Å². The molecule has 0 bridgehead atoms. The maximum atomic E-state index is 12.4. The summed E-state index contributed by atoms with van der Waals surface area (Å²) in [4.78, 5) is 21.5. The summed E-state index contributed by atoms with van der Waals surface area (Å²) in [5.41, 5.74) is 1.65. The molecule has 0 aliphatic carbocycles. The second-order valence-corrected chi connectivity index (χ2v) is 6.16. The van der Waals surface area contributed by atoms with Gasteiger partial charge in [-0.1, -0.05) is 0 Å². The van der Waals surface area contributed by atoms with Crippen molar-refractivity contribution in [3.63, 3.8) is 0 Å². The molecule has 2 aromatic rings. The number of pyridine rings is 2. The fraction of sp³-hybridized carbons (Fsp3) is 0.500. The van der Waals surface area contributed by atoms with Crippen molar-refractivity contribution < 1.29 is 0 Å². The van der Waals surface area contributed by atoms with E-state index < -0.39 is 0 Å².